The molecule has 0 radical (unpaired) electrons. The maximum absolute atomic E-state index is 3.65. The average Bonchev–Trinajstić information content (AvgIpc) is 2.38. The van der Waals surface area contributed by atoms with Gasteiger partial charge in [-0.2, -0.15) is 0 Å². The molecule has 2 heteroatoms. The first-order chi connectivity index (χ1) is 9.20. The van der Waals surface area contributed by atoms with E-state index >= 15 is 0 Å². The van der Waals surface area contributed by atoms with Crippen molar-refractivity contribution in [1.29, 1.82) is 0 Å². The van der Waals surface area contributed by atoms with Gasteiger partial charge in [0, 0.05) is 18.6 Å². The highest BCUT2D eigenvalue weighted by molar-refractivity contribution is 4.88. The molecule has 2 nitrogen and oxygen atoms in total. The Morgan fingerprint density at radius 2 is 1.79 bits per heavy atom. The minimum absolute atomic E-state index is 0.808. The number of hydrogen-bond acceptors (Lipinski definition) is 2. The minimum Gasteiger partial charge on any atom is -0.315 e. The Bertz CT molecular complexity index is 244. The fourth-order valence-electron chi connectivity index (χ4n) is 4.34. The van der Waals surface area contributed by atoms with E-state index in [0.29, 0.717) is 0 Å². The molecule has 0 amide bonds. The first-order valence-corrected chi connectivity index (χ1v) is 8.67. The summed E-state index contributed by atoms with van der Waals surface area (Å²) in [7, 11) is 0. The van der Waals surface area contributed by atoms with Crippen molar-refractivity contribution in [3.63, 3.8) is 0 Å². The molecular weight excluding hydrogens is 232 g/mol. The summed E-state index contributed by atoms with van der Waals surface area (Å²) in [6, 6.07) is 1.68. The summed E-state index contributed by atoms with van der Waals surface area (Å²) in [5, 5.41) is 3.65. The summed E-state index contributed by atoms with van der Waals surface area (Å²) in [5.74, 6) is 1.86. The molecule has 2 aliphatic rings. The standard InChI is InChI=1S/C17H34N2/c1-4-8-18-13-16-7-5-6-9-19(16)17-11-14(2)10-15(3)12-17/h14-18H,4-13H2,1-3H3. The lowest BCUT2D eigenvalue weighted by molar-refractivity contribution is 0.0466. The molecule has 3 atom stereocenters. The molecule has 3 unspecified atom stereocenters. The Kier molecular flexibility index (Phi) is 6.15. The van der Waals surface area contributed by atoms with Crippen LogP contribution in [0.1, 0.15) is 65.7 Å². The van der Waals surface area contributed by atoms with Crippen LogP contribution >= 0.6 is 0 Å². The zero-order valence-corrected chi connectivity index (χ0v) is 13.3. The largest absolute Gasteiger partial charge is 0.315 e. The van der Waals surface area contributed by atoms with Crippen molar-refractivity contribution in [2.24, 2.45) is 11.8 Å². The molecule has 0 spiro atoms. The van der Waals surface area contributed by atoms with E-state index in [4.69, 9.17) is 0 Å². The van der Waals surface area contributed by atoms with Gasteiger partial charge in [-0.15, -0.1) is 0 Å². The quantitative estimate of drug-likeness (QED) is 0.764. The van der Waals surface area contributed by atoms with Gasteiger partial charge in [-0.25, -0.2) is 0 Å². The molecule has 2 rings (SSSR count). The zero-order valence-electron chi connectivity index (χ0n) is 13.3. The van der Waals surface area contributed by atoms with Gasteiger partial charge in [0.2, 0.25) is 0 Å². The molecule has 1 aliphatic heterocycles. The molecule has 112 valence electrons. The third-order valence-electron chi connectivity index (χ3n) is 5.10. The van der Waals surface area contributed by atoms with E-state index in [1.54, 1.807) is 0 Å². The van der Waals surface area contributed by atoms with Crippen molar-refractivity contribution >= 4 is 0 Å². The molecule has 2 fully saturated rings. The predicted molar refractivity (Wildman–Crippen MR) is 83.5 cm³/mol. The molecule has 1 aliphatic carbocycles. The van der Waals surface area contributed by atoms with Crippen molar-refractivity contribution in [2.45, 2.75) is 77.8 Å². The summed E-state index contributed by atoms with van der Waals surface area (Å²) in [6.45, 7) is 10.9. The summed E-state index contributed by atoms with van der Waals surface area (Å²) in [5.41, 5.74) is 0. The number of hydrogen-bond donors (Lipinski definition) is 1. The van der Waals surface area contributed by atoms with Crippen LogP contribution in [-0.4, -0.2) is 36.6 Å². The second kappa shape index (κ2) is 7.64. The van der Waals surface area contributed by atoms with Gasteiger partial charge in [-0.3, -0.25) is 4.90 Å². The van der Waals surface area contributed by atoms with Crippen LogP contribution in [0.25, 0.3) is 0 Å². The van der Waals surface area contributed by atoms with Crippen LogP contribution in [0.3, 0.4) is 0 Å². The highest BCUT2D eigenvalue weighted by Gasteiger charge is 2.33. The van der Waals surface area contributed by atoms with E-state index in [-0.39, 0.29) is 0 Å². The molecule has 19 heavy (non-hydrogen) atoms. The number of likely N-dealkylation sites (tertiary alicyclic amines) is 1. The Morgan fingerprint density at radius 1 is 1.05 bits per heavy atom. The lowest BCUT2D eigenvalue weighted by Gasteiger charge is -2.45. The topological polar surface area (TPSA) is 15.3 Å². The van der Waals surface area contributed by atoms with E-state index in [0.717, 1.165) is 23.9 Å². The lowest BCUT2D eigenvalue weighted by atomic mass is 9.78. The number of nitrogens with one attached hydrogen (secondary N) is 1. The van der Waals surface area contributed by atoms with Gasteiger partial charge in [0.25, 0.3) is 0 Å². The normalized spacial score (nSPS) is 37.4. The van der Waals surface area contributed by atoms with Crippen molar-refractivity contribution in [2.75, 3.05) is 19.6 Å². The van der Waals surface area contributed by atoms with Gasteiger partial charge < -0.3 is 5.32 Å². The van der Waals surface area contributed by atoms with Crippen LogP contribution in [0.15, 0.2) is 0 Å². The van der Waals surface area contributed by atoms with Crippen LogP contribution in [0.5, 0.6) is 0 Å². The lowest BCUT2D eigenvalue weighted by Crippen LogP contribution is -2.52. The van der Waals surface area contributed by atoms with Crippen LogP contribution < -0.4 is 5.32 Å². The SMILES string of the molecule is CCCNCC1CCCCN1C1CC(C)CC(C)C1. The maximum Gasteiger partial charge on any atom is 0.0223 e. The van der Waals surface area contributed by atoms with Gasteiger partial charge in [0.05, 0.1) is 0 Å². The Balaban J connectivity index is 1.90. The van der Waals surface area contributed by atoms with Crippen LogP contribution in [0.4, 0.5) is 0 Å². The zero-order chi connectivity index (χ0) is 13.7. The summed E-state index contributed by atoms with van der Waals surface area (Å²) in [6.07, 6.45) is 9.85. The smallest absolute Gasteiger partial charge is 0.0223 e. The summed E-state index contributed by atoms with van der Waals surface area (Å²) >= 11 is 0. The summed E-state index contributed by atoms with van der Waals surface area (Å²) < 4.78 is 0. The first kappa shape index (κ1) is 15.3. The fraction of sp³-hybridized carbons (Fsp3) is 1.00. The monoisotopic (exact) mass is 266 g/mol. The fourth-order valence-corrected chi connectivity index (χ4v) is 4.34. The van der Waals surface area contributed by atoms with Gasteiger partial charge in [0.1, 0.15) is 0 Å². The van der Waals surface area contributed by atoms with Crippen molar-refractivity contribution in [3.8, 4) is 0 Å². The predicted octanol–water partition coefficient (Wildman–Crippen LogP) is 3.67. The van der Waals surface area contributed by atoms with Gasteiger partial charge in [-0.1, -0.05) is 27.2 Å². The Labute approximate surface area is 120 Å². The highest BCUT2D eigenvalue weighted by Crippen LogP contribution is 2.34. The first-order valence-electron chi connectivity index (χ1n) is 8.67. The molecule has 0 aromatic rings. The van der Waals surface area contributed by atoms with Crippen molar-refractivity contribution in [3.05, 3.63) is 0 Å². The summed E-state index contributed by atoms with van der Waals surface area (Å²) in [4.78, 5) is 2.87. The molecule has 1 heterocycles. The molecule has 0 bridgehead atoms. The van der Waals surface area contributed by atoms with Crippen LogP contribution in [0.2, 0.25) is 0 Å². The second-order valence-corrected chi connectivity index (χ2v) is 7.16. The number of nitrogens with zero attached hydrogens (tertiary/aromatic N) is 1. The van der Waals surface area contributed by atoms with Crippen molar-refractivity contribution < 1.29 is 0 Å². The van der Waals surface area contributed by atoms with E-state index in [1.807, 2.05) is 0 Å². The van der Waals surface area contributed by atoms with Gasteiger partial charge >= 0.3 is 0 Å². The molecule has 0 aromatic heterocycles. The van der Waals surface area contributed by atoms with Gasteiger partial charge in [-0.05, 0) is 63.5 Å². The third-order valence-corrected chi connectivity index (χ3v) is 5.10. The molecule has 1 saturated heterocycles. The highest BCUT2D eigenvalue weighted by atomic mass is 15.2. The van der Waals surface area contributed by atoms with E-state index in [1.165, 1.54) is 64.6 Å². The minimum atomic E-state index is 0.808. The van der Waals surface area contributed by atoms with Gasteiger partial charge in [0.15, 0.2) is 0 Å². The Morgan fingerprint density at radius 3 is 2.47 bits per heavy atom. The maximum atomic E-state index is 3.65. The van der Waals surface area contributed by atoms with E-state index < -0.39 is 0 Å². The van der Waals surface area contributed by atoms with E-state index in [2.05, 4.69) is 31.0 Å². The number of piperidine rings is 1. The Hall–Kier alpha value is -0.0800. The molecule has 1 N–H and O–H groups in total. The van der Waals surface area contributed by atoms with E-state index in [9.17, 15) is 0 Å². The third kappa shape index (κ3) is 4.46. The molecular formula is C17H34N2. The number of rotatable bonds is 5. The molecule has 1 saturated carbocycles. The van der Waals surface area contributed by atoms with Crippen LogP contribution in [0, 0.1) is 11.8 Å². The molecule has 0 aromatic carbocycles. The average molecular weight is 266 g/mol. The van der Waals surface area contributed by atoms with Crippen molar-refractivity contribution in [1.82, 2.24) is 10.2 Å². The second-order valence-electron chi connectivity index (χ2n) is 7.16. The van der Waals surface area contributed by atoms with Crippen LogP contribution in [-0.2, 0) is 0 Å².